The second-order valence-electron chi connectivity index (χ2n) is 6.54. The molecule has 9 heteroatoms. The zero-order chi connectivity index (χ0) is 19.2. The Bertz CT molecular complexity index is 774. The number of amides is 4. The normalized spacial score (nSPS) is 21.2. The van der Waals surface area contributed by atoms with Gasteiger partial charge in [0.15, 0.2) is 0 Å². The second kappa shape index (κ2) is 6.30. The summed E-state index contributed by atoms with van der Waals surface area (Å²) in [5.74, 6) is -1.20. The second-order valence-corrected chi connectivity index (χ2v) is 6.54. The number of hydrogen-bond acceptors (Lipinski definition) is 3. The van der Waals surface area contributed by atoms with E-state index in [4.69, 9.17) is 0 Å². The third-order valence-electron chi connectivity index (χ3n) is 4.74. The van der Waals surface area contributed by atoms with E-state index in [1.807, 2.05) is 0 Å². The van der Waals surface area contributed by atoms with E-state index in [2.05, 4.69) is 5.32 Å². The van der Waals surface area contributed by atoms with E-state index in [1.54, 1.807) is 0 Å². The molecule has 1 aromatic rings. The molecule has 1 heterocycles. The van der Waals surface area contributed by atoms with Gasteiger partial charge in [-0.25, -0.2) is 9.69 Å². The first kappa shape index (κ1) is 18.2. The van der Waals surface area contributed by atoms with Gasteiger partial charge in [-0.1, -0.05) is 0 Å². The largest absolute Gasteiger partial charge is 0.418 e. The number of carbonyl (C=O) groups is 3. The molecular formula is C17H18F3N3O3. The average Bonchev–Trinajstić information content (AvgIpc) is 2.69. The third-order valence-corrected chi connectivity index (χ3v) is 4.74. The summed E-state index contributed by atoms with van der Waals surface area (Å²) in [6, 6.07) is 1.37. The molecule has 1 saturated heterocycles. The number of urea groups is 1. The van der Waals surface area contributed by atoms with Crippen molar-refractivity contribution in [2.75, 3.05) is 10.2 Å². The van der Waals surface area contributed by atoms with Gasteiger partial charge in [0.05, 0.1) is 11.3 Å². The number of halogens is 3. The molecular weight excluding hydrogens is 351 g/mol. The zero-order valence-corrected chi connectivity index (χ0v) is 14.3. The minimum absolute atomic E-state index is 0.0587. The summed E-state index contributed by atoms with van der Waals surface area (Å²) >= 11 is 0. The SMILES string of the molecule is CC(=O)Nc1ccc(N2C(=O)C(C)N(C3CCC3)C2=O)c(C(F)(F)F)c1. The van der Waals surface area contributed by atoms with Crippen LogP contribution in [0.3, 0.4) is 0 Å². The fourth-order valence-electron chi connectivity index (χ4n) is 3.28. The number of anilines is 2. The van der Waals surface area contributed by atoms with E-state index in [1.165, 1.54) is 24.8 Å². The van der Waals surface area contributed by atoms with Gasteiger partial charge in [0, 0.05) is 18.7 Å². The predicted octanol–water partition coefficient (Wildman–Crippen LogP) is 3.37. The van der Waals surface area contributed by atoms with Crippen molar-refractivity contribution in [1.29, 1.82) is 0 Å². The molecule has 26 heavy (non-hydrogen) atoms. The predicted molar refractivity (Wildman–Crippen MR) is 87.6 cm³/mol. The van der Waals surface area contributed by atoms with Crippen LogP contribution in [0, 0.1) is 0 Å². The van der Waals surface area contributed by atoms with Gasteiger partial charge in [-0.05, 0) is 44.4 Å². The van der Waals surface area contributed by atoms with Crippen LogP contribution in [0.15, 0.2) is 18.2 Å². The highest BCUT2D eigenvalue weighted by atomic mass is 19.4. The number of nitrogens with one attached hydrogen (secondary N) is 1. The number of benzene rings is 1. The minimum atomic E-state index is -4.79. The molecule has 1 unspecified atom stereocenters. The molecule has 2 aliphatic rings. The number of hydrogen-bond donors (Lipinski definition) is 1. The molecule has 1 aromatic carbocycles. The van der Waals surface area contributed by atoms with Crippen molar-refractivity contribution >= 4 is 29.2 Å². The van der Waals surface area contributed by atoms with Crippen LogP contribution in [-0.2, 0) is 15.8 Å². The maximum absolute atomic E-state index is 13.5. The smallest absolute Gasteiger partial charge is 0.326 e. The van der Waals surface area contributed by atoms with Crippen LogP contribution in [0.25, 0.3) is 0 Å². The van der Waals surface area contributed by atoms with Crippen molar-refractivity contribution in [1.82, 2.24) is 4.90 Å². The fourth-order valence-corrected chi connectivity index (χ4v) is 3.28. The maximum Gasteiger partial charge on any atom is 0.418 e. The molecule has 1 N–H and O–H groups in total. The maximum atomic E-state index is 13.5. The molecule has 0 radical (unpaired) electrons. The van der Waals surface area contributed by atoms with Crippen LogP contribution in [0.2, 0.25) is 0 Å². The van der Waals surface area contributed by atoms with E-state index < -0.39 is 41.3 Å². The Labute approximate surface area is 147 Å². The molecule has 3 rings (SSSR count). The lowest BCUT2D eigenvalue weighted by molar-refractivity contribution is -0.137. The molecule has 2 fully saturated rings. The first-order valence-corrected chi connectivity index (χ1v) is 8.26. The summed E-state index contributed by atoms with van der Waals surface area (Å²) in [6.45, 7) is 2.70. The lowest BCUT2D eigenvalue weighted by Gasteiger charge is -2.36. The first-order valence-electron chi connectivity index (χ1n) is 8.26. The Morgan fingerprint density at radius 1 is 1.23 bits per heavy atom. The highest BCUT2D eigenvalue weighted by Crippen LogP contribution is 2.41. The van der Waals surface area contributed by atoms with Crippen molar-refractivity contribution in [3.05, 3.63) is 23.8 Å². The lowest BCUT2D eigenvalue weighted by atomic mass is 9.91. The molecule has 0 spiro atoms. The number of nitrogens with zero attached hydrogens (tertiary/aromatic N) is 2. The summed E-state index contributed by atoms with van der Waals surface area (Å²) in [6.07, 6.45) is -2.39. The highest BCUT2D eigenvalue weighted by molar-refractivity contribution is 6.21. The molecule has 0 bridgehead atoms. The van der Waals surface area contributed by atoms with Crippen LogP contribution in [0.5, 0.6) is 0 Å². The van der Waals surface area contributed by atoms with Gasteiger partial charge >= 0.3 is 12.2 Å². The van der Waals surface area contributed by atoms with E-state index in [0.29, 0.717) is 4.90 Å². The number of alkyl halides is 3. The first-order chi connectivity index (χ1) is 12.1. The van der Waals surface area contributed by atoms with Gasteiger partial charge in [-0.3, -0.25) is 9.59 Å². The fraction of sp³-hybridized carbons (Fsp3) is 0.471. The molecule has 140 valence electrons. The number of carbonyl (C=O) groups excluding carboxylic acids is 3. The lowest BCUT2D eigenvalue weighted by Crippen LogP contribution is -2.46. The highest BCUT2D eigenvalue weighted by Gasteiger charge is 2.49. The van der Waals surface area contributed by atoms with Gasteiger partial charge in [0.2, 0.25) is 5.91 Å². The van der Waals surface area contributed by atoms with Crippen molar-refractivity contribution in [2.24, 2.45) is 0 Å². The molecule has 4 amide bonds. The summed E-state index contributed by atoms with van der Waals surface area (Å²) in [5, 5.41) is 2.27. The van der Waals surface area contributed by atoms with Crippen LogP contribution < -0.4 is 10.2 Å². The summed E-state index contributed by atoms with van der Waals surface area (Å²) < 4.78 is 40.6. The van der Waals surface area contributed by atoms with Crippen molar-refractivity contribution in [2.45, 2.75) is 51.4 Å². The average molecular weight is 369 g/mol. The van der Waals surface area contributed by atoms with Crippen molar-refractivity contribution in [3.63, 3.8) is 0 Å². The number of rotatable bonds is 3. The van der Waals surface area contributed by atoms with Gasteiger partial charge in [-0.15, -0.1) is 0 Å². The molecule has 1 atom stereocenters. The summed E-state index contributed by atoms with van der Waals surface area (Å²) in [5.41, 5.74) is -1.72. The molecule has 6 nitrogen and oxygen atoms in total. The Balaban J connectivity index is 2.03. The Hall–Kier alpha value is -2.58. The van der Waals surface area contributed by atoms with Crippen molar-refractivity contribution in [3.8, 4) is 0 Å². The van der Waals surface area contributed by atoms with Crippen LogP contribution in [0.4, 0.5) is 29.3 Å². The van der Waals surface area contributed by atoms with Crippen LogP contribution >= 0.6 is 0 Å². The molecule has 1 aliphatic carbocycles. The quantitative estimate of drug-likeness (QED) is 0.831. The topological polar surface area (TPSA) is 69.7 Å². The van der Waals surface area contributed by atoms with Crippen LogP contribution in [-0.4, -0.2) is 34.8 Å². The Morgan fingerprint density at radius 2 is 1.88 bits per heavy atom. The van der Waals surface area contributed by atoms with Gasteiger partial charge in [0.25, 0.3) is 5.91 Å². The van der Waals surface area contributed by atoms with Gasteiger partial charge in [-0.2, -0.15) is 13.2 Å². The third kappa shape index (κ3) is 3.02. The Morgan fingerprint density at radius 3 is 2.38 bits per heavy atom. The van der Waals surface area contributed by atoms with E-state index >= 15 is 0 Å². The number of imide groups is 1. The zero-order valence-electron chi connectivity index (χ0n) is 14.3. The molecule has 0 aromatic heterocycles. The van der Waals surface area contributed by atoms with E-state index in [-0.39, 0.29) is 11.7 Å². The Kier molecular flexibility index (Phi) is 4.41. The minimum Gasteiger partial charge on any atom is -0.326 e. The van der Waals surface area contributed by atoms with Crippen molar-refractivity contribution < 1.29 is 27.6 Å². The van der Waals surface area contributed by atoms with Gasteiger partial charge < -0.3 is 10.2 Å². The monoisotopic (exact) mass is 369 g/mol. The summed E-state index contributed by atoms with van der Waals surface area (Å²) in [4.78, 5) is 38.3. The van der Waals surface area contributed by atoms with E-state index in [9.17, 15) is 27.6 Å². The standard InChI is InChI=1S/C17H18F3N3O3/c1-9-15(25)23(16(26)22(9)12-4-3-5-12)14-7-6-11(21-10(2)24)8-13(14)17(18,19)20/h6-9,12H,3-5H2,1-2H3,(H,21,24). The van der Waals surface area contributed by atoms with Gasteiger partial charge in [0.1, 0.15) is 6.04 Å². The molecule has 1 aliphatic heterocycles. The van der Waals surface area contributed by atoms with E-state index in [0.717, 1.165) is 31.4 Å². The van der Waals surface area contributed by atoms with Crippen LogP contribution in [0.1, 0.15) is 38.7 Å². The molecule has 1 saturated carbocycles. The summed E-state index contributed by atoms with van der Waals surface area (Å²) in [7, 11) is 0.